The molecule has 0 N–H and O–H groups in total. The van der Waals surface area contributed by atoms with Crippen LogP contribution in [-0.4, -0.2) is 67.2 Å². The van der Waals surface area contributed by atoms with Gasteiger partial charge in [-0.3, -0.25) is 19.6 Å². The Hall–Kier alpha value is -2.75. The molecule has 11 heteroatoms. The average molecular weight is 448 g/mol. The Labute approximate surface area is 185 Å². The molecule has 2 aromatic heterocycles. The second-order valence-electron chi connectivity index (χ2n) is 9.23. The number of nitrogens with zero attached hydrogens (tertiary/aromatic N) is 7. The van der Waals surface area contributed by atoms with Crippen molar-refractivity contribution in [3.05, 3.63) is 33.7 Å². The fraction of sp³-hybridized carbons (Fsp3) is 0.600. The zero-order valence-electron chi connectivity index (χ0n) is 17.9. The number of anilines is 1. The molecule has 0 aromatic carbocycles. The van der Waals surface area contributed by atoms with E-state index in [0.717, 1.165) is 44.8 Å². The van der Waals surface area contributed by atoms with Crippen molar-refractivity contribution in [2.75, 3.05) is 31.1 Å². The minimum absolute atomic E-state index is 0.138. The highest BCUT2D eigenvalue weighted by Gasteiger charge is 2.45. The van der Waals surface area contributed by atoms with Gasteiger partial charge in [-0.25, -0.2) is 9.97 Å². The number of hydrogen-bond acceptors (Lipinski definition) is 7. The number of amides is 1. The van der Waals surface area contributed by atoms with E-state index in [1.54, 1.807) is 39.2 Å². The third-order valence-electron chi connectivity index (χ3n) is 6.26. The van der Waals surface area contributed by atoms with E-state index in [-0.39, 0.29) is 22.8 Å². The molecule has 0 radical (unpaired) electrons. The van der Waals surface area contributed by atoms with Gasteiger partial charge in [0.15, 0.2) is 5.82 Å². The summed E-state index contributed by atoms with van der Waals surface area (Å²) in [4.78, 5) is 35.5. The first-order chi connectivity index (χ1) is 14.6. The molecule has 31 heavy (non-hydrogen) atoms. The molecule has 4 rings (SSSR count). The van der Waals surface area contributed by atoms with Crippen molar-refractivity contribution < 1.29 is 9.72 Å². The summed E-state index contributed by atoms with van der Waals surface area (Å²) < 4.78 is 1.53. The number of aromatic nitrogens is 4. The highest BCUT2D eigenvalue weighted by molar-refractivity contribution is 6.29. The SMILES string of the molecule is CC(=O)N1CCC2(CC1)CN(c1cc(Cl)nc(-c3cnn(CC(C)(C)[N+](=O)[O-])c3)n1)C2. The summed E-state index contributed by atoms with van der Waals surface area (Å²) >= 11 is 6.27. The van der Waals surface area contributed by atoms with E-state index in [1.165, 1.54) is 4.68 Å². The van der Waals surface area contributed by atoms with E-state index in [4.69, 9.17) is 11.6 Å². The Morgan fingerprint density at radius 2 is 1.97 bits per heavy atom. The lowest BCUT2D eigenvalue weighted by Gasteiger charge is -2.54. The molecule has 1 spiro atoms. The predicted octanol–water partition coefficient (Wildman–Crippen LogP) is 2.50. The fourth-order valence-electron chi connectivity index (χ4n) is 4.25. The summed E-state index contributed by atoms with van der Waals surface area (Å²) in [5.41, 5.74) is -0.247. The molecule has 2 saturated heterocycles. The van der Waals surface area contributed by atoms with Crippen LogP contribution in [0.3, 0.4) is 0 Å². The van der Waals surface area contributed by atoms with E-state index in [2.05, 4.69) is 20.0 Å². The molecule has 2 aliphatic rings. The van der Waals surface area contributed by atoms with E-state index in [1.807, 2.05) is 4.90 Å². The highest BCUT2D eigenvalue weighted by atomic mass is 35.5. The fourth-order valence-corrected chi connectivity index (χ4v) is 4.43. The third-order valence-corrected chi connectivity index (χ3v) is 6.46. The van der Waals surface area contributed by atoms with Crippen LogP contribution in [0.25, 0.3) is 11.4 Å². The number of carbonyl (C=O) groups is 1. The zero-order chi connectivity index (χ0) is 22.4. The van der Waals surface area contributed by atoms with Gasteiger partial charge in [-0.2, -0.15) is 5.10 Å². The van der Waals surface area contributed by atoms with Crippen LogP contribution in [0.5, 0.6) is 0 Å². The van der Waals surface area contributed by atoms with Crippen LogP contribution in [0.4, 0.5) is 5.82 Å². The summed E-state index contributed by atoms with van der Waals surface area (Å²) in [6.45, 7) is 8.24. The van der Waals surface area contributed by atoms with Gasteiger partial charge in [-0.05, 0) is 12.8 Å². The van der Waals surface area contributed by atoms with Crippen LogP contribution in [0.15, 0.2) is 18.5 Å². The number of rotatable bonds is 5. The molecule has 0 saturated carbocycles. The molecule has 2 aromatic rings. The van der Waals surface area contributed by atoms with Gasteiger partial charge in [0, 0.05) is 69.6 Å². The quantitative estimate of drug-likeness (QED) is 0.393. The predicted molar refractivity (Wildman–Crippen MR) is 115 cm³/mol. The normalized spacial score (nSPS) is 18.2. The van der Waals surface area contributed by atoms with Crippen LogP contribution in [-0.2, 0) is 11.3 Å². The molecule has 4 heterocycles. The molecular formula is C20H26ClN7O3. The summed E-state index contributed by atoms with van der Waals surface area (Å²) in [7, 11) is 0. The van der Waals surface area contributed by atoms with Gasteiger partial charge >= 0.3 is 0 Å². The third kappa shape index (κ3) is 4.34. The second kappa shape index (κ2) is 7.74. The number of nitro groups is 1. The van der Waals surface area contributed by atoms with Crippen molar-refractivity contribution in [1.82, 2.24) is 24.6 Å². The van der Waals surface area contributed by atoms with Crippen LogP contribution in [0.2, 0.25) is 5.15 Å². The van der Waals surface area contributed by atoms with Crippen molar-refractivity contribution in [2.24, 2.45) is 5.41 Å². The summed E-state index contributed by atoms with van der Waals surface area (Å²) in [6.07, 6.45) is 5.29. The van der Waals surface area contributed by atoms with E-state index in [9.17, 15) is 14.9 Å². The molecule has 0 unspecified atom stereocenters. The second-order valence-corrected chi connectivity index (χ2v) is 9.62. The molecule has 0 bridgehead atoms. The maximum atomic E-state index is 11.6. The van der Waals surface area contributed by atoms with Gasteiger partial charge in [0.1, 0.15) is 17.5 Å². The lowest BCUT2D eigenvalue weighted by Crippen LogP contribution is -2.61. The van der Waals surface area contributed by atoms with Crippen molar-refractivity contribution >= 4 is 23.3 Å². The topological polar surface area (TPSA) is 110 Å². The number of piperidine rings is 1. The summed E-state index contributed by atoms with van der Waals surface area (Å²) in [5, 5.41) is 15.8. The average Bonchev–Trinajstić information content (AvgIpc) is 3.13. The molecule has 0 aliphatic carbocycles. The van der Waals surface area contributed by atoms with E-state index < -0.39 is 5.54 Å². The number of likely N-dealkylation sites (tertiary alicyclic amines) is 1. The standard InChI is InChI=1S/C20H26ClN7O3/c1-14(29)25-6-4-20(5-7-25)12-26(13-20)17-8-16(21)23-18(24-17)15-9-22-27(10-15)11-19(2,3)28(30)31/h8-10H,4-7,11-13H2,1-3H3. The van der Waals surface area contributed by atoms with Gasteiger partial charge in [-0.15, -0.1) is 0 Å². The van der Waals surface area contributed by atoms with Gasteiger partial charge in [0.2, 0.25) is 11.4 Å². The van der Waals surface area contributed by atoms with Crippen molar-refractivity contribution in [3.8, 4) is 11.4 Å². The first-order valence-corrected chi connectivity index (χ1v) is 10.7. The number of carbonyl (C=O) groups excluding carboxylic acids is 1. The van der Waals surface area contributed by atoms with Gasteiger partial charge in [0.05, 0.1) is 11.8 Å². The van der Waals surface area contributed by atoms with E-state index in [0.29, 0.717) is 16.5 Å². The first kappa shape index (κ1) is 21.5. The Balaban J connectivity index is 1.46. The van der Waals surface area contributed by atoms with Crippen LogP contribution in [0.1, 0.15) is 33.6 Å². The molecule has 2 aliphatic heterocycles. The smallest absolute Gasteiger partial charge is 0.236 e. The Morgan fingerprint density at radius 3 is 2.58 bits per heavy atom. The van der Waals surface area contributed by atoms with Crippen molar-refractivity contribution in [2.45, 2.75) is 45.7 Å². The Bertz CT molecular complexity index is 1010. The maximum Gasteiger partial charge on any atom is 0.236 e. The molecule has 0 atom stereocenters. The number of halogens is 1. The summed E-state index contributed by atoms with van der Waals surface area (Å²) in [6, 6.07) is 1.75. The minimum atomic E-state index is -1.13. The van der Waals surface area contributed by atoms with Crippen LogP contribution >= 0.6 is 11.6 Å². The highest BCUT2D eigenvalue weighted by Crippen LogP contribution is 2.42. The monoisotopic (exact) mass is 447 g/mol. The van der Waals surface area contributed by atoms with Crippen molar-refractivity contribution in [3.63, 3.8) is 0 Å². The lowest BCUT2D eigenvalue weighted by molar-refractivity contribution is -0.563. The Kier molecular flexibility index (Phi) is 5.36. The van der Waals surface area contributed by atoms with Gasteiger partial charge in [-0.1, -0.05) is 11.6 Å². The maximum absolute atomic E-state index is 11.6. The Morgan fingerprint density at radius 1 is 1.29 bits per heavy atom. The largest absolute Gasteiger partial charge is 0.355 e. The molecule has 2 fully saturated rings. The molecule has 166 valence electrons. The van der Waals surface area contributed by atoms with Crippen LogP contribution < -0.4 is 4.90 Å². The lowest BCUT2D eigenvalue weighted by atomic mass is 9.72. The zero-order valence-corrected chi connectivity index (χ0v) is 18.7. The summed E-state index contributed by atoms with van der Waals surface area (Å²) in [5.74, 6) is 1.34. The number of hydrogen-bond donors (Lipinski definition) is 0. The van der Waals surface area contributed by atoms with Gasteiger partial charge < -0.3 is 9.80 Å². The molecule has 1 amide bonds. The van der Waals surface area contributed by atoms with Crippen molar-refractivity contribution in [1.29, 1.82) is 0 Å². The van der Waals surface area contributed by atoms with Gasteiger partial charge in [0.25, 0.3) is 0 Å². The van der Waals surface area contributed by atoms with E-state index >= 15 is 0 Å². The minimum Gasteiger partial charge on any atom is -0.355 e. The first-order valence-electron chi connectivity index (χ1n) is 10.3. The molecular weight excluding hydrogens is 422 g/mol. The molecule has 10 nitrogen and oxygen atoms in total. The van der Waals surface area contributed by atoms with Crippen LogP contribution in [0, 0.1) is 15.5 Å².